The molecule has 0 aliphatic carbocycles. The minimum absolute atomic E-state index is 0.0655. The van der Waals surface area contributed by atoms with Gasteiger partial charge in [0, 0.05) is 0 Å². The zero-order valence-corrected chi connectivity index (χ0v) is 10.5. The van der Waals surface area contributed by atoms with Crippen molar-refractivity contribution in [2.45, 2.75) is 6.92 Å². The minimum Gasteiger partial charge on any atom is -0.492 e. The van der Waals surface area contributed by atoms with Crippen LogP contribution in [0.3, 0.4) is 0 Å². The smallest absolute Gasteiger partial charge is 0.358 e. The van der Waals surface area contributed by atoms with E-state index in [0.717, 1.165) is 0 Å². The lowest BCUT2D eigenvalue weighted by atomic mass is 10.2. The highest BCUT2D eigenvalue weighted by Gasteiger charge is 2.14. The highest BCUT2D eigenvalue weighted by molar-refractivity contribution is 5.88. The van der Waals surface area contributed by atoms with Crippen LogP contribution in [0.15, 0.2) is 24.4 Å². The third kappa shape index (κ3) is 2.58. The molecule has 0 atom stereocenters. The Kier molecular flexibility index (Phi) is 3.65. The van der Waals surface area contributed by atoms with Crippen molar-refractivity contribution in [1.29, 1.82) is 0 Å². The number of aromatic nitrogens is 3. The molecule has 2 aromatic rings. The number of ether oxygens (including phenoxy) is 1. The summed E-state index contributed by atoms with van der Waals surface area (Å²) < 4.78 is 6.57. The van der Waals surface area contributed by atoms with Gasteiger partial charge in [-0.3, -0.25) is 0 Å². The Labute approximate surface area is 113 Å². The summed E-state index contributed by atoms with van der Waals surface area (Å²) in [5.41, 5.74) is 0.266. The Bertz CT molecular complexity index is 665. The van der Waals surface area contributed by atoms with Gasteiger partial charge in [0.2, 0.25) is 0 Å². The molecule has 8 nitrogen and oxygen atoms in total. The molecule has 1 heterocycles. The number of aromatic carboxylic acids is 2. The Morgan fingerprint density at radius 1 is 1.30 bits per heavy atom. The summed E-state index contributed by atoms with van der Waals surface area (Å²) in [6, 6.07) is 4.21. The monoisotopic (exact) mass is 277 g/mol. The molecule has 104 valence electrons. The molecule has 2 N–H and O–H groups in total. The maximum Gasteiger partial charge on any atom is 0.358 e. The molecule has 0 radical (unpaired) electrons. The molecule has 0 amide bonds. The van der Waals surface area contributed by atoms with Crippen molar-refractivity contribution >= 4 is 11.9 Å². The molecule has 0 aliphatic rings. The highest BCUT2D eigenvalue weighted by atomic mass is 16.5. The molecule has 0 saturated heterocycles. The van der Waals surface area contributed by atoms with Crippen LogP contribution in [0.5, 0.6) is 5.75 Å². The van der Waals surface area contributed by atoms with Gasteiger partial charge in [-0.05, 0) is 25.1 Å². The first-order chi connectivity index (χ1) is 9.52. The van der Waals surface area contributed by atoms with Crippen molar-refractivity contribution in [2.75, 3.05) is 6.61 Å². The Morgan fingerprint density at radius 2 is 2.05 bits per heavy atom. The first-order valence-corrected chi connectivity index (χ1v) is 5.69. The van der Waals surface area contributed by atoms with Crippen molar-refractivity contribution in [3.05, 3.63) is 35.7 Å². The quantitative estimate of drug-likeness (QED) is 0.839. The lowest BCUT2D eigenvalue weighted by molar-refractivity contribution is 0.0682. The van der Waals surface area contributed by atoms with Crippen molar-refractivity contribution < 1.29 is 24.5 Å². The summed E-state index contributed by atoms with van der Waals surface area (Å²) in [5.74, 6) is -1.99. The maximum atomic E-state index is 10.9. The number of nitrogens with zero attached hydrogens (tertiary/aromatic N) is 3. The molecule has 1 aromatic carbocycles. The second kappa shape index (κ2) is 5.39. The third-order valence-corrected chi connectivity index (χ3v) is 2.47. The Hall–Kier alpha value is -2.90. The van der Waals surface area contributed by atoms with Crippen LogP contribution in [-0.4, -0.2) is 43.8 Å². The molecule has 0 fully saturated rings. The van der Waals surface area contributed by atoms with Gasteiger partial charge >= 0.3 is 11.9 Å². The first-order valence-electron chi connectivity index (χ1n) is 5.69. The fourth-order valence-corrected chi connectivity index (χ4v) is 1.59. The third-order valence-electron chi connectivity index (χ3n) is 2.47. The van der Waals surface area contributed by atoms with Crippen LogP contribution in [0.2, 0.25) is 0 Å². The molecule has 1 aromatic heterocycles. The van der Waals surface area contributed by atoms with Crippen LogP contribution in [0.1, 0.15) is 27.8 Å². The molecule has 0 unspecified atom stereocenters. The Morgan fingerprint density at radius 3 is 2.60 bits per heavy atom. The predicted octanol–water partition coefficient (Wildman–Crippen LogP) is 1.06. The van der Waals surface area contributed by atoms with E-state index in [-0.39, 0.29) is 17.0 Å². The van der Waals surface area contributed by atoms with Gasteiger partial charge in [0.25, 0.3) is 0 Å². The van der Waals surface area contributed by atoms with Crippen LogP contribution in [0.4, 0.5) is 0 Å². The van der Waals surface area contributed by atoms with Crippen LogP contribution in [0, 0.1) is 0 Å². The SMILES string of the molecule is CCOc1cc(C(=O)O)ccc1-n1cc(C(=O)O)nn1. The van der Waals surface area contributed by atoms with E-state index in [9.17, 15) is 9.59 Å². The van der Waals surface area contributed by atoms with Gasteiger partial charge in [-0.2, -0.15) is 0 Å². The van der Waals surface area contributed by atoms with Crippen LogP contribution >= 0.6 is 0 Å². The summed E-state index contributed by atoms with van der Waals surface area (Å²) in [7, 11) is 0. The zero-order chi connectivity index (χ0) is 14.7. The molecular formula is C12H11N3O5. The van der Waals surface area contributed by atoms with Crippen molar-refractivity contribution in [3.63, 3.8) is 0 Å². The largest absolute Gasteiger partial charge is 0.492 e. The summed E-state index contributed by atoms with van der Waals surface area (Å²) in [6.45, 7) is 2.08. The second-order valence-corrected chi connectivity index (χ2v) is 3.77. The molecule has 0 bridgehead atoms. The molecule has 8 heteroatoms. The van der Waals surface area contributed by atoms with Crippen molar-refractivity contribution in [3.8, 4) is 11.4 Å². The van der Waals surface area contributed by atoms with E-state index < -0.39 is 11.9 Å². The van der Waals surface area contributed by atoms with E-state index in [1.165, 1.54) is 29.1 Å². The van der Waals surface area contributed by atoms with E-state index in [1.807, 2.05) is 0 Å². The number of carbonyl (C=O) groups is 2. The number of rotatable bonds is 5. The molecule has 0 spiro atoms. The fourth-order valence-electron chi connectivity index (χ4n) is 1.59. The zero-order valence-electron chi connectivity index (χ0n) is 10.5. The van der Waals surface area contributed by atoms with E-state index >= 15 is 0 Å². The van der Waals surface area contributed by atoms with E-state index in [2.05, 4.69) is 10.3 Å². The Balaban J connectivity index is 2.48. The van der Waals surface area contributed by atoms with Gasteiger partial charge < -0.3 is 14.9 Å². The van der Waals surface area contributed by atoms with Crippen LogP contribution < -0.4 is 4.74 Å². The number of hydrogen-bond donors (Lipinski definition) is 2. The number of hydrogen-bond acceptors (Lipinski definition) is 5. The van der Waals surface area contributed by atoms with E-state index in [4.69, 9.17) is 14.9 Å². The van der Waals surface area contributed by atoms with Gasteiger partial charge in [-0.1, -0.05) is 5.21 Å². The van der Waals surface area contributed by atoms with Crippen molar-refractivity contribution in [1.82, 2.24) is 15.0 Å². The van der Waals surface area contributed by atoms with Crippen LogP contribution in [-0.2, 0) is 0 Å². The number of carboxylic acids is 2. The van der Waals surface area contributed by atoms with Gasteiger partial charge in [-0.15, -0.1) is 5.10 Å². The lowest BCUT2D eigenvalue weighted by Crippen LogP contribution is -2.04. The van der Waals surface area contributed by atoms with Gasteiger partial charge in [0.05, 0.1) is 18.4 Å². The van der Waals surface area contributed by atoms with Gasteiger partial charge in [0.15, 0.2) is 5.69 Å². The lowest BCUT2D eigenvalue weighted by Gasteiger charge is -2.10. The van der Waals surface area contributed by atoms with Crippen LogP contribution in [0.25, 0.3) is 5.69 Å². The molecule has 2 rings (SSSR count). The van der Waals surface area contributed by atoms with E-state index in [0.29, 0.717) is 12.3 Å². The summed E-state index contributed by atoms with van der Waals surface area (Å²) in [4.78, 5) is 21.7. The molecular weight excluding hydrogens is 266 g/mol. The number of benzene rings is 1. The standard InChI is InChI=1S/C12H11N3O5/c1-2-20-10-5-7(11(16)17)3-4-9(10)15-6-8(12(18)19)13-14-15/h3-6H,2H2,1H3,(H,16,17)(H,18,19). The fraction of sp³-hybridized carbons (Fsp3) is 0.167. The summed E-state index contributed by atoms with van der Waals surface area (Å²) in [6.07, 6.45) is 1.22. The molecule has 0 aliphatic heterocycles. The summed E-state index contributed by atoms with van der Waals surface area (Å²) in [5, 5.41) is 24.9. The summed E-state index contributed by atoms with van der Waals surface area (Å²) >= 11 is 0. The average molecular weight is 277 g/mol. The van der Waals surface area contributed by atoms with E-state index in [1.54, 1.807) is 6.92 Å². The second-order valence-electron chi connectivity index (χ2n) is 3.77. The first kappa shape index (κ1) is 13.5. The number of carboxylic acid groups (broad SMARTS) is 2. The van der Waals surface area contributed by atoms with Gasteiger partial charge in [0.1, 0.15) is 11.4 Å². The molecule has 0 saturated carbocycles. The van der Waals surface area contributed by atoms with Gasteiger partial charge in [-0.25, -0.2) is 14.3 Å². The topological polar surface area (TPSA) is 115 Å². The van der Waals surface area contributed by atoms with Crippen molar-refractivity contribution in [2.24, 2.45) is 0 Å². The average Bonchev–Trinajstić information content (AvgIpc) is 2.88. The maximum absolute atomic E-state index is 10.9. The predicted molar refractivity (Wildman–Crippen MR) is 66.4 cm³/mol. The highest BCUT2D eigenvalue weighted by Crippen LogP contribution is 2.24. The molecule has 20 heavy (non-hydrogen) atoms. The normalized spacial score (nSPS) is 10.2. The minimum atomic E-state index is -1.20.